The van der Waals surface area contributed by atoms with Gasteiger partial charge in [0.2, 0.25) is 5.91 Å². The second-order valence-corrected chi connectivity index (χ2v) is 4.74. The molecule has 0 spiro atoms. The molecule has 0 saturated carbocycles. The Kier molecular flexibility index (Phi) is 7.20. The number of amides is 1. The van der Waals surface area contributed by atoms with Crippen molar-refractivity contribution < 1.29 is 9.53 Å². The van der Waals surface area contributed by atoms with Crippen LogP contribution < -0.4 is 10.1 Å². The number of hydrogen-bond acceptors (Lipinski definition) is 3. The minimum Gasteiger partial charge on any atom is -0.479 e. The zero-order chi connectivity index (χ0) is 14.8. The molecule has 0 bridgehead atoms. The smallest absolute Gasteiger partial charge is 0.227 e. The van der Waals surface area contributed by atoms with Crippen molar-refractivity contribution in [1.29, 1.82) is 5.26 Å². The van der Waals surface area contributed by atoms with Crippen LogP contribution in [0.5, 0.6) is 5.75 Å². The van der Waals surface area contributed by atoms with Crippen LogP contribution in [-0.2, 0) is 4.79 Å². The highest BCUT2D eigenvalue weighted by Crippen LogP contribution is 2.20. The Bertz CT molecular complexity index is 460. The molecule has 1 rings (SSSR count). The van der Waals surface area contributed by atoms with Crippen LogP contribution in [0.2, 0.25) is 0 Å². The molecule has 20 heavy (non-hydrogen) atoms. The maximum atomic E-state index is 12.2. The summed E-state index contributed by atoms with van der Waals surface area (Å²) in [7, 11) is 0. The minimum atomic E-state index is 0.00565. The molecule has 0 unspecified atom stereocenters. The highest BCUT2D eigenvalue weighted by Gasteiger charge is 2.16. The largest absolute Gasteiger partial charge is 0.479 e. The van der Waals surface area contributed by atoms with Crippen molar-refractivity contribution in [2.75, 3.05) is 11.9 Å². The molecule has 1 aromatic rings. The van der Waals surface area contributed by atoms with Gasteiger partial charge in [-0.25, -0.2) is 0 Å². The second-order valence-electron chi connectivity index (χ2n) is 4.74. The van der Waals surface area contributed by atoms with E-state index in [1.165, 1.54) is 0 Å². The second kappa shape index (κ2) is 8.98. The Balaban J connectivity index is 2.66. The molecule has 1 amide bonds. The average molecular weight is 274 g/mol. The van der Waals surface area contributed by atoms with Gasteiger partial charge in [0.25, 0.3) is 0 Å². The van der Waals surface area contributed by atoms with Gasteiger partial charge in [0.05, 0.1) is 0 Å². The lowest BCUT2D eigenvalue weighted by Gasteiger charge is -2.15. The summed E-state index contributed by atoms with van der Waals surface area (Å²) in [5, 5.41) is 11.4. The number of carbonyl (C=O) groups excluding carboxylic acids is 1. The van der Waals surface area contributed by atoms with Crippen LogP contribution in [0.15, 0.2) is 24.3 Å². The standard InChI is InChI=1S/C16H22N2O2/c1-3-6-13(7-4-2)16(19)18-14-8-5-9-15(12-14)20-11-10-17/h5,8-9,12-13H,3-4,6-7,11H2,1-2H3,(H,18,19). The fraction of sp³-hybridized carbons (Fsp3) is 0.500. The molecule has 0 aromatic heterocycles. The Labute approximate surface area is 120 Å². The van der Waals surface area contributed by atoms with E-state index in [0.29, 0.717) is 11.4 Å². The summed E-state index contributed by atoms with van der Waals surface area (Å²) in [5.74, 6) is 0.715. The van der Waals surface area contributed by atoms with Crippen molar-refractivity contribution in [3.05, 3.63) is 24.3 Å². The van der Waals surface area contributed by atoms with Crippen LogP contribution in [0, 0.1) is 17.2 Å². The van der Waals surface area contributed by atoms with Crippen LogP contribution in [0.3, 0.4) is 0 Å². The van der Waals surface area contributed by atoms with Gasteiger partial charge in [-0.15, -0.1) is 0 Å². The van der Waals surface area contributed by atoms with E-state index in [1.807, 2.05) is 12.1 Å². The van der Waals surface area contributed by atoms with Gasteiger partial charge in [-0.1, -0.05) is 32.8 Å². The van der Waals surface area contributed by atoms with Crippen molar-refractivity contribution >= 4 is 11.6 Å². The summed E-state index contributed by atoms with van der Waals surface area (Å²) in [6, 6.07) is 9.05. The zero-order valence-corrected chi connectivity index (χ0v) is 12.2. The number of hydrogen-bond donors (Lipinski definition) is 1. The number of benzene rings is 1. The third-order valence-corrected chi connectivity index (χ3v) is 3.05. The summed E-state index contributed by atoms with van der Waals surface area (Å²) in [4.78, 5) is 12.2. The van der Waals surface area contributed by atoms with Crippen LogP contribution in [0.25, 0.3) is 0 Å². The third-order valence-electron chi connectivity index (χ3n) is 3.05. The first-order valence-corrected chi connectivity index (χ1v) is 7.11. The summed E-state index contributed by atoms with van der Waals surface area (Å²) in [6.45, 7) is 4.18. The Morgan fingerprint density at radius 1 is 1.35 bits per heavy atom. The normalized spacial score (nSPS) is 10.1. The van der Waals surface area contributed by atoms with Crippen molar-refractivity contribution in [2.24, 2.45) is 5.92 Å². The predicted octanol–water partition coefficient (Wildman–Crippen LogP) is 3.74. The lowest BCUT2D eigenvalue weighted by atomic mass is 9.97. The van der Waals surface area contributed by atoms with Gasteiger partial charge in [-0.05, 0) is 25.0 Å². The van der Waals surface area contributed by atoms with Gasteiger partial charge in [-0.3, -0.25) is 4.79 Å². The van der Waals surface area contributed by atoms with Gasteiger partial charge in [0.1, 0.15) is 11.8 Å². The van der Waals surface area contributed by atoms with Gasteiger partial charge in [0.15, 0.2) is 6.61 Å². The van der Waals surface area contributed by atoms with E-state index in [2.05, 4.69) is 19.2 Å². The first kappa shape index (κ1) is 16.0. The number of rotatable bonds is 8. The summed E-state index contributed by atoms with van der Waals surface area (Å²) in [5.41, 5.74) is 0.711. The van der Waals surface area contributed by atoms with Gasteiger partial charge in [-0.2, -0.15) is 5.26 Å². The monoisotopic (exact) mass is 274 g/mol. The Morgan fingerprint density at radius 2 is 2.05 bits per heavy atom. The topological polar surface area (TPSA) is 62.1 Å². The van der Waals surface area contributed by atoms with E-state index in [1.54, 1.807) is 18.2 Å². The van der Waals surface area contributed by atoms with Crippen LogP contribution in [-0.4, -0.2) is 12.5 Å². The molecule has 0 fully saturated rings. The van der Waals surface area contributed by atoms with Gasteiger partial charge in [0, 0.05) is 17.7 Å². The van der Waals surface area contributed by atoms with Gasteiger partial charge >= 0.3 is 0 Å². The Morgan fingerprint density at radius 3 is 2.65 bits per heavy atom. The quantitative estimate of drug-likeness (QED) is 0.785. The molecular weight excluding hydrogens is 252 g/mol. The number of nitrogens with zero attached hydrogens (tertiary/aromatic N) is 1. The summed E-state index contributed by atoms with van der Waals surface area (Å²) in [6.07, 6.45) is 3.82. The molecule has 0 heterocycles. The van der Waals surface area contributed by atoms with E-state index in [9.17, 15) is 4.79 Å². The summed E-state index contributed by atoms with van der Waals surface area (Å²) < 4.78 is 5.22. The maximum absolute atomic E-state index is 12.2. The number of nitriles is 1. The van der Waals surface area contributed by atoms with E-state index in [-0.39, 0.29) is 18.4 Å². The van der Waals surface area contributed by atoms with E-state index < -0.39 is 0 Å². The lowest BCUT2D eigenvalue weighted by Crippen LogP contribution is -2.22. The molecule has 1 aromatic carbocycles. The molecule has 0 atom stereocenters. The SMILES string of the molecule is CCCC(CCC)C(=O)Nc1cccc(OCC#N)c1. The lowest BCUT2D eigenvalue weighted by molar-refractivity contribution is -0.120. The highest BCUT2D eigenvalue weighted by atomic mass is 16.5. The van der Waals surface area contributed by atoms with Crippen molar-refractivity contribution in [3.63, 3.8) is 0 Å². The molecule has 0 radical (unpaired) electrons. The molecule has 0 aliphatic rings. The van der Waals surface area contributed by atoms with E-state index in [4.69, 9.17) is 10.00 Å². The molecule has 0 aliphatic carbocycles. The molecule has 0 aliphatic heterocycles. The van der Waals surface area contributed by atoms with Crippen molar-refractivity contribution in [1.82, 2.24) is 0 Å². The zero-order valence-electron chi connectivity index (χ0n) is 12.2. The molecule has 0 saturated heterocycles. The average Bonchev–Trinajstić information content (AvgIpc) is 2.45. The third kappa shape index (κ3) is 5.31. The minimum absolute atomic E-state index is 0.00565. The maximum Gasteiger partial charge on any atom is 0.227 e. The fourth-order valence-corrected chi connectivity index (χ4v) is 2.13. The van der Waals surface area contributed by atoms with Crippen LogP contribution >= 0.6 is 0 Å². The van der Waals surface area contributed by atoms with E-state index in [0.717, 1.165) is 25.7 Å². The predicted molar refractivity (Wildman–Crippen MR) is 79.5 cm³/mol. The number of carbonyl (C=O) groups is 1. The first-order chi connectivity index (χ1) is 9.71. The molecular formula is C16H22N2O2. The van der Waals surface area contributed by atoms with Gasteiger partial charge < -0.3 is 10.1 Å². The first-order valence-electron chi connectivity index (χ1n) is 7.11. The highest BCUT2D eigenvalue weighted by molar-refractivity contribution is 5.92. The number of anilines is 1. The summed E-state index contributed by atoms with van der Waals surface area (Å²) >= 11 is 0. The number of ether oxygens (including phenoxy) is 1. The molecule has 4 nitrogen and oxygen atoms in total. The van der Waals surface area contributed by atoms with Crippen molar-refractivity contribution in [2.45, 2.75) is 39.5 Å². The molecule has 1 N–H and O–H groups in total. The van der Waals surface area contributed by atoms with Crippen molar-refractivity contribution in [3.8, 4) is 11.8 Å². The van der Waals surface area contributed by atoms with Crippen LogP contribution in [0.1, 0.15) is 39.5 Å². The number of nitrogens with one attached hydrogen (secondary N) is 1. The fourth-order valence-electron chi connectivity index (χ4n) is 2.13. The molecule has 108 valence electrons. The van der Waals surface area contributed by atoms with Crippen LogP contribution in [0.4, 0.5) is 5.69 Å². The van der Waals surface area contributed by atoms with E-state index >= 15 is 0 Å². The molecule has 4 heteroatoms. The Hall–Kier alpha value is -2.02.